The van der Waals surface area contributed by atoms with Crippen LogP contribution in [0.15, 0.2) is 29.3 Å². The highest BCUT2D eigenvalue weighted by Crippen LogP contribution is 2.23. The smallest absolute Gasteiger partial charge is 0.247 e. The van der Waals surface area contributed by atoms with Gasteiger partial charge in [-0.05, 0) is 50.3 Å². The van der Waals surface area contributed by atoms with Crippen LogP contribution in [0.5, 0.6) is 5.75 Å². The molecule has 1 saturated heterocycles. The van der Waals surface area contributed by atoms with E-state index in [1.165, 1.54) is 7.11 Å². The maximum absolute atomic E-state index is 13.7. The first-order valence-corrected chi connectivity index (χ1v) is 14.2. The monoisotopic (exact) mass is 587 g/mol. The lowest BCUT2D eigenvalue weighted by Crippen LogP contribution is -2.57. The van der Waals surface area contributed by atoms with Gasteiger partial charge >= 0.3 is 0 Å². The van der Waals surface area contributed by atoms with Crippen molar-refractivity contribution in [3.63, 3.8) is 0 Å². The summed E-state index contributed by atoms with van der Waals surface area (Å²) in [6, 6.07) is 4.65. The Bertz CT molecular complexity index is 1170. The Morgan fingerprint density at radius 3 is 2.48 bits per heavy atom. The summed E-state index contributed by atoms with van der Waals surface area (Å²) in [5.41, 5.74) is 9.93. The van der Waals surface area contributed by atoms with Gasteiger partial charge in [0.15, 0.2) is 11.7 Å². The number of aliphatic imine (C=N–C) groups is 1. The molecule has 1 aliphatic heterocycles. The van der Waals surface area contributed by atoms with Gasteiger partial charge in [-0.1, -0.05) is 32.9 Å². The van der Waals surface area contributed by atoms with E-state index in [0.717, 1.165) is 0 Å². The zero-order valence-electron chi connectivity index (χ0n) is 25.1. The Kier molecular flexibility index (Phi) is 12.8. The Hall–Kier alpha value is -4.16. The number of ether oxygens (including phenoxy) is 1. The van der Waals surface area contributed by atoms with Gasteiger partial charge in [0, 0.05) is 31.3 Å². The second-order valence-electron chi connectivity index (χ2n) is 11.0. The molecule has 0 spiro atoms. The standard InChI is InChI=1S/C29H45N7O6/c1-6-21-26(40)35-23(18-9-7-11-20(15-18)42-5)27(41)32-14-12-29(4,36-24(38)17(2)3)22(37)16-19(25(39)34-21)10-8-13-33-28(30)31/h7,9,11,15,17,19,21,23H,6,8,10,12-14,16H2,1-5H3,(H,32,41)(H,34,39)(H,35,40)(H,36,38)(H4,30,31,33)/t19-,21+,23-,29-/m1/s1. The molecule has 13 nitrogen and oxygen atoms in total. The Balaban J connectivity index is 2.49. The maximum atomic E-state index is 13.7. The number of amides is 4. The number of carbonyl (C=O) groups excluding carboxylic acids is 5. The van der Waals surface area contributed by atoms with Crippen LogP contribution < -0.4 is 37.5 Å². The predicted octanol–water partition coefficient (Wildman–Crippen LogP) is 0.427. The van der Waals surface area contributed by atoms with E-state index < -0.39 is 47.2 Å². The number of hydrogen-bond acceptors (Lipinski definition) is 7. The second kappa shape index (κ2) is 15.7. The molecule has 0 aliphatic carbocycles. The molecule has 0 saturated carbocycles. The van der Waals surface area contributed by atoms with Crippen LogP contribution in [0.2, 0.25) is 0 Å². The van der Waals surface area contributed by atoms with Gasteiger partial charge in [-0.2, -0.15) is 0 Å². The van der Waals surface area contributed by atoms with Crippen molar-refractivity contribution in [1.29, 1.82) is 0 Å². The van der Waals surface area contributed by atoms with E-state index in [2.05, 4.69) is 26.3 Å². The van der Waals surface area contributed by atoms with Gasteiger partial charge < -0.3 is 37.5 Å². The second-order valence-corrected chi connectivity index (χ2v) is 11.0. The Morgan fingerprint density at radius 1 is 1.14 bits per heavy atom. The summed E-state index contributed by atoms with van der Waals surface area (Å²) in [4.78, 5) is 70.7. The third kappa shape index (κ3) is 9.74. The van der Waals surface area contributed by atoms with Crippen molar-refractivity contribution in [3.05, 3.63) is 29.8 Å². The average Bonchev–Trinajstić information content (AvgIpc) is 2.94. The fourth-order valence-corrected chi connectivity index (χ4v) is 4.55. The summed E-state index contributed by atoms with van der Waals surface area (Å²) in [7, 11) is 1.49. The van der Waals surface area contributed by atoms with Crippen LogP contribution in [0.1, 0.15) is 71.4 Å². The highest BCUT2D eigenvalue weighted by Gasteiger charge is 2.38. The predicted molar refractivity (Wildman–Crippen MR) is 158 cm³/mol. The van der Waals surface area contributed by atoms with Gasteiger partial charge in [-0.15, -0.1) is 0 Å². The molecule has 1 aromatic rings. The molecule has 1 aromatic carbocycles. The van der Waals surface area contributed by atoms with E-state index in [0.29, 0.717) is 17.7 Å². The summed E-state index contributed by atoms with van der Waals surface area (Å²) >= 11 is 0. The number of methoxy groups -OCH3 is 1. The van der Waals surface area contributed by atoms with Crippen LogP contribution in [0.25, 0.3) is 0 Å². The molecule has 13 heteroatoms. The Morgan fingerprint density at radius 2 is 1.86 bits per heavy atom. The number of hydrogen-bond donors (Lipinski definition) is 6. The molecular formula is C29H45N7O6. The van der Waals surface area contributed by atoms with Crippen molar-refractivity contribution in [2.75, 3.05) is 20.2 Å². The van der Waals surface area contributed by atoms with Gasteiger partial charge in [0.1, 0.15) is 17.8 Å². The van der Waals surface area contributed by atoms with E-state index >= 15 is 0 Å². The third-order valence-electron chi connectivity index (χ3n) is 7.29. The van der Waals surface area contributed by atoms with Gasteiger partial charge in [0.2, 0.25) is 23.6 Å². The topological polar surface area (TPSA) is 207 Å². The average molecular weight is 588 g/mol. The molecule has 2 rings (SSSR count). The molecule has 232 valence electrons. The van der Waals surface area contributed by atoms with Crippen LogP contribution in [0, 0.1) is 11.8 Å². The number of carbonyl (C=O) groups is 5. The fourth-order valence-electron chi connectivity index (χ4n) is 4.55. The molecule has 4 atom stereocenters. The van der Waals surface area contributed by atoms with Crippen molar-refractivity contribution in [2.45, 2.75) is 77.4 Å². The molecular weight excluding hydrogens is 542 g/mol. The summed E-state index contributed by atoms with van der Waals surface area (Å²) in [5, 5.41) is 11.1. The van der Waals surface area contributed by atoms with E-state index in [1.807, 2.05) is 0 Å². The van der Waals surface area contributed by atoms with Crippen molar-refractivity contribution < 1.29 is 28.7 Å². The lowest BCUT2D eigenvalue weighted by Gasteiger charge is -2.33. The minimum absolute atomic E-state index is 0.0222. The third-order valence-corrected chi connectivity index (χ3v) is 7.29. The SMILES string of the molecule is CC[C@@H]1NC(=O)[C@H](CCCN=C(N)N)CC(=O)[C@](C)(NC(=O)C(C)C)CCNC(=O)[C@@H](c2cccc(OC)c2)NC1=O. The molecule has 8 N–H and O–H groups in total. The Labute approximate surface area is 247 Å². The molecule has 4 amide bonds. The summed E-state index contributed by atoms with van der Waals surface area (Å²) in [6.45, 7) is 7.02. The summed E-state index contributed by atoms with van der Waals surface area (Å²) in [6.07, 6.45) is 0.787. The normalized spacial score (nSPS) is 24.1. The maximum Gasteiger partial charge on any atom is 0.247 e. The zero-order valence-corrected chi connectivity index (χ0v) is 25.1. The van der Waals surface area contributed by atoms with Gasteiger partial charge in [0.25, 0.3) is 0 Å². The van der Waals surface area contributed by atoms with Crippen LogP contribution in [0.3, 0.4) is 0 Å². The van der Waals surface area contributed by atoms with Gasteiger partial charge in [-0.3, -0.25) is 29.0 Å². The molecule has 0 bridgehead atoms. The first-order valence-electron chi connectivity index (χ1n) is 14.2. The van der Waals surface area contributed by atoms with Crippen molar-refractivity contribution in [2.24, 2.45) is 28.3 Å². The van der Waals surface area contributed by atoms with Crippen LogP contribution in [0.4, 0.5) is 0 Å². The largest absolute Gasteiger partial charge is 0.497 e. The van der Waals surface area contributed by atoms with Crippen molar-refractivity contribution >= 4 is 35.4 Å². The molecule has 42 heavy (non-hydrogen) atoms. The lowest BCUT2D eigenvalue weighted by molar-refractivity contribution is -0.137. The van der Waals surface area contributed by atoms with Crippen LogP contribution in [-0.2, 0) is 24.0 Å². The molecule has 1 heterocycles. The highest BCUT2D eigenvalue weighted by molar-refractivity contribution is 5.97. The quantitative estimate of drug-likeness (QED) is 0.135. The van der Waals surface area contributed by atoms with E-state index in [1.54, 1.807) is 52.0 Å². The van der Waals surface area contributed by atoms with Crippen LogP contribution >= 0.6 is 0 Å². The number of ketones is 1. The number of benzene rings is 1. The fraction of sp³-hybridized carbons (Fsp3) is 0.586. The number of nitrogens with two attached hydrogens (primary N) is 2. The summed E-state index contributed by atoms with van der Waals surface area (Å²) < 4.78 is 5.29. The number of guanidine groups is 1. The first-order chi connectivity index (χ1) is 19.8. The number of rotatable bonds is 9. The van der Waals surface area contributed by atoms with Gasteiger partial charge in [-0.25, -0.2) is 0 Å². The van der Waals surface area contributed by atoms with Crippen LogP contribution in [-0.4, -0.2) is 67.2 Å². The molecule has 0 aromatic heterocycles. The molecule has 0 radical (unpaired) electrons. The zero-order chi connectivity index (χ0) is 31.4. The highest BCUT2D eigenvalue weighted by atomic mass is 16.5. The molecule has 1 aliphatic rings. The minimum Gasteiger partial charge on any atom is -0.497 e. The number of nitrogens with one attached hydrogen (secondary N) is 4. The van der Waals surface area contributed by atoms with E-state index in [-0.39, 0.29) is 56.4 Å². The van der Waals surface area contributed by atoms with Gasteiger partial charge in [0.05, 0.1) is 12.6 Å². The van der Waals surface area contributed by atoms with Crippen molar-refractivity contribution in [3.8, 4) is 5.75 Å². The molecule has 0 unspecified atom stereocenters. The van der Waals surface area contributed by atoms with E-state index in [9.17, 15) is 24.0 Å². The van der Waals surface area contributed by atoms with Crippen molar-refractivity contribution in [1.82, 2.24) is 21.3 Å². The number of nitrogens with zero attached hydrogens (tertiary/aromatic N) is 1. The van der Waals surface area contributed by atoms with E-state index in [4.69, 9.17) is 16.2 Å². The summed E-state index contributed by atoms with van der Waals surface area (Å²) in [5.74, 6) is -3.06. The first kappa shape index (κ1) is 34.0. The molecule has 1 fully saturated rings. The minimum atomic E-state index is -1.37. The lowest BCUT2D eigenvalue weighted by atomic mass is 9.84. The number of Topliss-reactive ketones (excluding diaryl/α,β-unsaturated/α-hetero) is 1.